The molecule has 0 saturated carbocycles. The molecule has 0 bridgehead atoms. The van der Waals surface area contributed by atoms with Crippen LogP contribution in [0.25, 0.3) is 0 Å². The summed E-state index contributed by atoms with van der Waals surface area (Å²) in [6.07, 6.45) is 2.94. The van der Waals surface area contributed by atoms with E-state index >= 15 is 0 Å². The quantitative estimate of drug-likeness (QED) is 0.647. The van der Waals surface area contributed by atoms with Gasteiger partial charge in [0, 0.05) is 59.5 Å². The molecule has 1 aromatic rings. The molecule has 166 valence electrons. The van der Waals surface area contributed by atoms with Crippen molar-refractivity contribution in [3.63, 3.8) is 0 Å². The van der Waals surface area contributed by atoms with Gasteiger partial charge in [-0.05, 0) is 49.5 Å². The molecule has 1 atom stereocenters. The van der Waals surface area contributed by atoms with Crippen LogP contribution in [-0.4, -0.2) is 81.4 Å². The number of ether oxygens (including phenoxy) is 1. The summed E-state index contributed by atoms with van der Waals surface area (Å²) in [5, 5.41) is 3.61. The molecule has 2 saturated heterocycles. The summed E-state index contributed by atoms with van der Waals surface area (Å²) >= 11 is 0. The van der Waals surface area contributed by atoms with Crippen molar-refractivity contribution in [1.29, 1.82) is 0 Å². The fourth-order valence-electron chi connectivity index (χ4n) is 4.35. The van der Waals surface area contributed by atoms with Crippen LogP contribution in [0, 0.1) is 5.92 Å². The first-order valence-electron chi connectivity index (χ1n) is 11.7. The van der Waals surface area contributed by atoms with Gasteiger partial charge in [-0.3, -0.25) is 4.90 Å². The number of nitrogens with zero attached hydrogens (tertiary/aromatic N) is 3. The number of hydrogen-bond donors (Lipinski definition) is 1. The van der Waals surface area contributed by atoms with Gasteiger partial charge in [-0.25, -0.2) is 0 Å². The SMILES string of the molecule is CCN1CCN(c2ccc(CNC[C@@H]3CN(CCCC(C)C)CCO3)cc2)CC1.[HH]. The number of anilines is 1. The van der Waals surface area contributed by atoms with Crippen molar-refractivity contribution < 1.29 is 6.16 Å². The molecule has 2 heterocycles. The molecule has 1 N–H and O–H groups in total. The average Bonchev–Trinajstić information content (AvgIpc) is 2.74. The van der Waals surface area contributed by atoms with Crippen molar-refractivity contribution in [3.05, 3.63) is 29.8 Å². The van der Waals surface area contributed by atoms with E-state index in [1.165, 1.54) is 50.3 Å². The third kappa shape index (κ3) is 7.56. The molecule has 5 nitrogen and oxygen atoms in total. The molecule has 2 fully saturated rings. The molecular formula is C24H44N4O. The van der Waals surface area contributed by atoms with Crippen LogP contribution in [0.2, 0.25) is 0 Å². The largest absolute Gasteiger partial charge is 0.374 e. The van der Waals surface area contributed by atoms with E-state index in [0.29, 0.717) is 6.10 Å². The van der Waals surface area contributed by atoms with Crippen molar-refractivity contribution in [1.82, 2.24) is 15.1 Å². The third-order valence-corrected chi connectivity index (χ3v) is 6.30. The third-order valence-electron chi connectivity index (χ3n) is 6.30. The zero-order valence-corrected chi connectivity index (χ0v) is 18.9. The predicted molar refractivity (Wildman–Crippen MR) is 125 cm³/mol. The van der Waals surface area contributed by atoms with Crippen LogP contribution in [0.1, 0.15) is 40.6 Å². The standard InChI is InChI=1S/C24H42N4O.H2/c1-4-26-12-14-28(15-13-26)23-9-7-22(8-10-23)18-25-19-24-20-27(16-17-29-24)11-5-6-21(2)3;/h7-10,21,24-25H,4-6,11-20H2,1-3H3;1H/t24-;/m1./s1. The van der Waals surface area contributed by atoms with E-state index in [4.69, 9.17) is 4.74 Å². The first-order valence-corrected chi connectivity index (χ1v) is 11.7. The molecule has 0 radical (unpaired) electrons. The second kappa shape index (κ2) is 11.9. The Hall–Kier alpha value is -1.14. The summed E-state index contributed by atoms with van der Waals surface area (Å²) in [7, 11) is 0. The predicted octanol–water partition coefficient (Wildman–Crippen LogP) is 3.30. The topological polar surface area (TPSA) is 31.0 Å². The summed E-state index contributed by atoms with van der Waals surface area (Å²) < 4.78 is 5.98. The fourth-order valence-corrected chi connectivity index (χ4v) is 4.35. The second-order valence-corrected chi connectivity index (χ2v) is 9.05. The van der Waals surface area contributed by atoms with Gasteiger partial charge in [-0.2, -0.15) is 0 Å². The van der Waals surface area contributed by atoms with E-state index in [1.807, 2.05) is 0 Å². The van der Waals surface area contributed by atoms with Crippen LogP contribution < -0.4 is 10.2 Å². The minimum atomic E-state index is 0. The van der Waals surface area contributed by atoms with Crippen molar-refractivity contribution in [2.45, 2.75) is 46.3 Å². The number of hydrogen-bond acceptors (Lipinski definition) is 5. The summed E-state index contributed by atoms with van der Waals surface area (Å²) in [5.74, 6) is 0.806. The lowest BCUT2D eigenvalue weighted by atomic mass is 10.1. The van der Waals surface area contributed by atoms with Gasteiger partial charge in [0.05, 0.1) is 12.7 Å². The smallest absolute Gasteiger partial charge is 0.0826 e. The number of morpholine rings is 1. The maximum atomic E-state index is 5.98. The molecule has 3 rings (SSSR count). The maximum Gasteiger partial charge on any atom is 0.0826 e. The summed E-state index contributed by atoms with van der Waals surface area (Å²) in [6, 6.07) is 9.11. The highest BCUT2D eigenvalue weighted by Gasteiger charge is 2.20. The van der Waals surface area contributed by atoms with Gasteiger partial charge in [0.1, 0.15) is 0 Å². The van der Waals surface area contributed by atoms with E-state index in [0.717, 1.165) is 51.8 Å². The Morgan fingerprint density at radius 1 is 1.07 bits per heavy atom. The van der Waals surface area contributed by atoms with Crippen molar-refractivity contribution >= 4 is 5.69 Å². The van der Waals surface area contributed by atoms with Crippen LogP contribution in [-0.2, 0) is 11.3 Å². The van der Waals surface area contributed by atoms with Gasteiger partial charge >= 0.3 is 0 Å². The van der Waals surface area contributed by atoms with Gasteiger partial charge in [0.25, 0.3) is 0 Å². The Morgan fingerprint density at radius 2 is 1.83 bits per heavy atom. The Labute approximate surface area is 179 Å². The first kappa shape index (κ1) is 22.5. The Balaban J connectivity index is 0.00000320. The first-order chi connectivity index (χ1) is 14.1. The van der Waals surface area contributed by atoms with Crippen LogP contribution in [0.4, 0.5) is 5.69 Å². The zero-order valence-electron chi connectivity index (χ0n) is 18.9. The lowest BCUT2D eigenvalue weighted by Gasteiger charge is -2.35. The van der Waals surface area contributed by atoms with Crippen LogP contribution >= 0.6 is 0 Å². The van der Waals surface area contributed by atoms with Gasteiger partial charge in [0.15, 0.2) is 0 Å². The highest BCUT2D eigenvalue weighted by atomic mass is 16.5. The van der Waals surface area contributed by atoms with Gasteiger partial charge in [0.2, 0.25) is 0 Å². The normalized spacial score (nSPS) is 21.8. The van der Waals surface area contributed by atoms with E-state index in [-0.39, 0.29) is 1.43 Å². The Bertz CT molecular complexity index is 575. The maximum absolute atomic E-state index is 5.98. The van der Waals surface area contributed by atoms with Crippen molar-refractivity contribution in [2.75, 3.05) is 70.4 Å². The molecule has 0 aromatic heterocycles. The Kier molecular flexibility index (Phi) is 9.25. The van der Waals surface area contributed by atoms with Crippen molar-refractivity contribution in [2.24, 2.45) is 5.92 Å². The number of nitrogens with one attached hydrogen (secondary N) is 1. The summed E-state index contributed by atoms with van der Waals surface area (Å²) in [5.41, 5.74) is 2.71. The average molecular weight is 405 g/mol. The van der Waals surface area contributed by atoms with E-state index in [9.17, 15) is 0 Å². The lowest BCUT2D eigenvalue weighted by molar-refractivity contribution is -0.0277. The van der Waals surface area contributed by atoms with Gasteiger partial charge in [-0.1, -0.05) is 32.9 Å². The molecule has 0 unspecified atom stereocenters. The minimum absolute atomic E-state index is 0. The molecule has 2 aliphatic rings. The number of likely N-dealkylation sites (N-methyl/N-ethyl adjacent to an activating group) is 1. The van der Waals surface area contributed by atoms with Crippen LogP contribution in [0.5, 0.6) is 0 Å². The highest BCUT2D eigenvalue weighted by molar-refractivity contribution is 5.48. The number of rotatable bonds is 10. The molecule has 0 spiro atoms. The molecule has 0 amide bonds. The van der Waals surface area contributed by atoms with Crippen LogP contribution in [0.3, 0.4) is 0 Å². The monoisotopic (exact) mass is 404 g/mol. The molecule has 0 aliphatic carbocycles. The van der Waals surface area contributed by atoms with Crippen molar-refractivity contribution in [3.8, 4) is 0 Å². The highest BCUT2D eigenvalue weighted by Crippen LogP contribution is 2.17. The summed E-state index contributed by atoms with van der Waals surface area (Å²) in [6.45, 7) is 18.7. The van der Waals surface area contributed by atoms with E-state index in [2.05, 4.69) is 65.1 Å². The number of piperazine rings is 1. The molecule has 29 heavy (non-hydrogen) atoms. The minimum Gasteiger partial charge on any atom is -0.374 e. The van der Waals surface area contributed by atoms with E-state index < -0.39 is 0 Å². The van der Waals surface area contributed by atoms with Gasteiger partial charge < -0.3 is 19.9 Å². The molecule has 2 aliphatic heterocycles. The zero-order chi connectivity index (χ0) is 20.5. The lowest BCUT2D eigenvalue weighted by Crippen LogP contribution is -2.46. The molecule has 5 heteroatoms. The Morgan fingerprint density at radius 3 is 2.52 bits per heavy atom. The van der Waals surface area contributed by atoms with Gasteiger partial charge in [-0.15, -0.1) is 0 Å². The fraction of sp³-hybridized carbons (Fsp3) is 0.750. The molecular weight excluding hydrogens is 360 g/mol. The molecule has 1 aromatic carbocycles. The second-order valence-electron chi connectivity index (χ2n) is 9.05. The number of benzene rings is 1. The van der Waals surface area contributed by atoms with Crippen LogP contribution in [0.15, 0.2) is 24.3 Å². The van der Waals surface area contributed by atoms with E-state index in [1.54, 1.807) is 0 Å². The summed E-state index contributed by atoms with van der Waals surface area (Å²) in [4.78, 5) is 7.60.